The highest BCUT2D eigenvalue weighted by Gasteiger charge is 2.22. The van der Waals surface area contributed by atoms with Crippen molar-refractivity contribution in [3.8, 4) is 0 Å². The molecular weight excluding hydrogens is 216 g/mol. The van der Waals surface area contributed by atoms with Crippen LogP contribution in [0.5, 0.6) is 0 Å². The van der Waals surface area contributed by atoms with Gasteiger partial charge in [-0.3, -0.25) is 0 Å². The van der Waals surface area contributed by atoms with Crippen LogP contribution in [-0.2, 0) is 0 Å². The van der Waals surface area contributed by atoms with E-state index in [-0.39, 0.29) is 0 Å². The summed E-state index contributed by atoms with van der Waals surface area (Å²) in [7, 11) is 0. The van der Waals surface area contributed by atoms with Crippen LogP contribution in [0.15, 0.2) is 0 Å². The predicted octanol–water partition coefficient (Wildman–Crippen LogP) is 6.55. The lowest BCUT2D eigenvalue weighted by atomic mass is 9.76. The van der Waals surface area contributed by atoms with Gasteiger partial charge >= 0.3 is 0 Å². The fourth-order valence-corrected chi connectivity index (χ4v) is 3.19. The maximum Gasteiger partial charge on any atom is -0.0386 e. The van der Waals surface area contributed by atoms with Gasteiger partial charge in [-0.25, -0.2) is 0 Å². The summed E-state index contributed by atoms with van der Waals surface area (Å²) in [5.41, 5.74) is 0. The smallest absolute Gasteiger partial charge is 0.0386 e. The van der Waals surface area contributed by atoms with E-state index in [4.69, 9.17) is 0 Å². The molecule has 0 bridgehead atoms. The van der Waals surface area contributed by atoms with Gasteiger partial charge in [-0.1, -0.05) is 74.1 Å². The minimum Gasteiger partial charge on any atom is -0.0654 e. The highest BCUT2D eigenvalue weighted by atomic mass is 14.3. The van der Waals surface area contributed by atoms with Crippen molar-refractivity contribution in [1.82, 2.24) is 0 Å². The van der Waals surface area contributed by atoms with E-state index in [2.05, 4.69) is 48.5 Å². The topological polar surface area (TPSA) is 0 Å². The van der Waals surface area contributed by atoms with Crippen LogP contribution in [0.3, 0.4) is 0 Å². The molecule has 18 heavy (non-hydrogen) atoms. The Morgan fingerprint density at radius 1 is 0.667 bits per heavy atom. The molecule has 0 saturated heterocycles. The second kappa shape index (κ2) is 9.87. The first-order valence-electron chi connectivity index (χ1n) is 8.42. The van der Waals surface area contributed by atoms with E-state index in [1.54, 1.807) is 0 Å². The Hall–Kier alpha value is 0. The second-order valence-corrected chi connectivity index (χ2v) is 7.11. The molecule has 0 aliphatic carbocycles. The normalized spacial score (nSPS) is 18.7. The zero-order chi connectivity index (χ0) is 14.1. The van der Waals surface area contributed by atoms with Crippen molar-refractivity contribution >= 4 is 0 Å². The second-order valence-electron chi connectivity index (χ2n) is 7.11. The van der Waals surface area contributed by atoms with Crippen LogP contribution in [-0.4, -0.2) is 0 Å². The van der Waals surface area contributed by atoms with Gasteiger partial charge < -0.3 is 0 Å². The Bertz CT molecular complexity index is 182. The largest absolute Gasteiger partial charge is 0.0654 e. The number of rotatable bonds is 10. The van der Waals surface area contributed by atoms with Gasteiger partial charge in [0.15, 0.2) is 0 Å². The average molecular weight is 255 g/mol. The third-order valence-electron chi connectivity index (χ3n) is 4.83. The van der Waals surface area contributed by atoms with Crippen molar-refractivity contribution in [3.63, 3.8) is 0 Å². The summed E-state index contributed by atoms with van der Waals surface area (Å²) in [6.07, 6.45) is 8.39. The molecule has 0 nitrogen and oxygen atoms in total. The van der Waals surface area contributed by atoms with E-state index in [0.717, 1.165) is 29.6 Å². The van der Waals surface area contributed by atoms with Crippen LogP contribution < -0.4 is 0 Å². The highest BCUT2D eigenvalue weighted by molar-refractivity contribution is 4.72. The van der Waals surface area contributed by atoms with E-state index in [1.807, 2.05) is 0 Å². The number of hydrogen-bond donors (Lipinski definition) is 0. The maximum atomic E-state index is 2.50. The van der Waals surface area contributed by atoms with Gasteiger partial charge in [0.05, 0.1) is 0 Å². The van der Waals surface area contributed by atoms with Crippen molar-refractivity contribution in [2.24, 2.45) is 29.6 Å². The highest BCUT2D eigenvalue weighted by Crippen LogP contribution is 2.32. The summed E-state index contributed by atoms with van der Waals surface area (Å²) in [4.78, 5) is 0. The Kier molecular flexibility index (Phi) is 9.87. The van der Waals surface area contributed by atoms with Crippen molar-refractivity contribution in [2.75, 3.05) is 0 Å². The predicted molar refractivity (Wildman–Crippen MR) is 84.9 cm³/mol. The molecule has 0 aliphatic rings. The minimum absolute atomic E-state index is 0.838. The molecule has 0 rings (SSSR count). The summed E-state index contributed by atoms with van der Waals surface area (Å²) in [5, 5.41) is 0. The minimum atomic E-state index is 0.838. The molecule has 0 aliphatic heterocycles. The lowest BCUT2D eigenvalue weighted by Crippen LogP contribution is -2.19. The van der Waals surface area contributed by atoms with Gasteiger partial charge in [0.25, 0.3) is 0 Å². The zero-order valence-corrected chi connectivity index (χ0v) is 14.1. The molecule has 4 unspecified atom stereocenters. The molecule has 110 valence electrons. The average Bonchev–Trinajstić information content (AvgIpc) is 2.28. The Morgan fingerprint density at radius 3 is 1.67 bits per heavy atom. The Labute approximate surface area is 117 Å². The molecule has 0 heteroatoms. The summed E-state index contributed by atoms with van der Waals surface area (Å²) in [6, 6.07) is 0. The van der Waals surface area contributed by atoms with E-state index < -0.39 is 0 Å². The summed E-state index contributed by atoms with van der Waals surface area (Å²) >= 11 is 0. The molecule has 0 radical (unpaired) electrons. The lowest BCUT2D eigenvalue weighted by molar-refractivity contribution is 0.212. The van der Waals surface area contributed by atoms with Crippen LogP contribution in [0.1, 0.15) is 87.0 Å². The molecular formula is C18H38. The molecule has 0 aromatic heterocycles. The van der Waals surface area contributed by atoms with Crippen molar-refractivity contribution in [3.05, 3.63) is 0 Å². The summed E-state index contributed by atoms with van der Waals surface area (Å²) < 4.78 is 0. The van der Waals surface area contributed by atoms with E-state index in [9.17, 15) is 0 Å². The fourth-order valence-electron chi connectivity index (χ4n) is 3.19. The van der Waals surface area contributed by atoms with Crippen LogP contribution >= 0.6 is 0 Å². The fraction of sp³-hybridized carbons (Fsp3) is 1.00. The van der Waals surface area contributed by atoms with Crippen molar-refractivity contribution < 1.29 is 0 Å². The molecule has 0 fully saturated rings. The van der Waals surface area contributed by atoms with Gasteiger partial charge in [0, 0.05) is 0 Å². The zero-order valence-electron chi connectivity index (χ0n) is 14.1. The molecule has 4 atom stereocenters. The van der Waals surface area contributed by atoms with E-state index in [1.165, 1.54) is 38.5 Å². The number of hydrogen-bond acceptors (Lipinski definition) is 0. The van der Waals surface area contributed by atoms with Gasteiger partial charge in [0.2, 0.25) is 0 Å². The van der Waals surface area contributed by atoms with Gasteiger partial charge in [-0.05, 0) is 42.4 Å². The Morgan fingerprint density at radius 2 is 1.22 bits per heavy atom. The SMILES string of the molecule is CCCC(C)CC(C)C(CCC)CC(C)C(C)C. The van der Waals surface area contributed by atoms with Crippen molar-refractivity contribution in [1.29, 1.82) is 0 Å². The molecule has 0 heterocycles. The molecule has 0 N–H and O–H groups in total. The molecule has 0 amide bonds. The third kappa shape index (κ3) is 7.44. The van der Waals surface area contributed by atoms with Crippen LogP contribution in [0.4, 0.5) is 0 Å². The van der Waals surface area contributed by atoms with Crippen molar-refractivity contribution in [2.45, 2.75) is 87.0 Å². The monoisotopic (exact) mass is 254 g/mol. The molecule has 0 aromatic carbocycles. The molecule has 0 saturated carbocycles. The molecule has 0 aromatic rings. The first kappa shape index (κ1) is 18.0. The van der Waals surface area contributed by atoms with Gasteiger partial charge in [-0.2, -0.15) is 0 Å². The van der Waals surface area contributed by atoms with E-state index in [0.29, 0.717) is 0 Å². The first-order valence-corrected chi connectivity index (χ1v) is 8.42. The summed E-state index contributed by atoms with van der Waals surface area (Å²) in [5.74, 6) is 4.49. The molecule has 0 spiro atoms. The third-order valence-corrected chi connectivity index (χ3v) is 4.83. The standard InChI is InChI=1S/C18H38/c1-8-10-15(5)12-17(7)18(11-9-2)13-16(6)14(3)4/h14-18H,8-13H2,1-7H3. The summed E-state index contributed by atoms with van der Waals surface area (Å²) in [6.45, 7) is 16.8. The van der Waals surface area contributed by atoms with Crippen LogP contribution in [0.2, 0.25) is 0 Å². The maximum absolute atomic E-state index is 2.50. The Balaban J connectivity index is 4.29. The van der Waals surface area contributed by atoms with Crippen LogP contribution in [0, 0.1) is 29.6 Å². The lowest BCUT2D eigenvalue weighted by Gasteiger charge is -2.30. The van der Waals surface area contributed by atoms with E-state index >= 15 is 0 Å². The quantitative estimate of drug-likeness (QED) is 0.415. The first-order chi connectivity index (χ1) is 8.42. The van der Waals surface area contributed by atoms with Gasteiger partial charge in [-0.15, -0.1) is 0 Å². The van der Waals surface area contributed by atoms with Gasteiger partial charge in [0.1, 0.15) is 0 Å². The van der Waals surface area contributed by atoms with Crippen LogP contribution in [0.25, 0.3) is 0 Å².